The highest BCUT2D eigenvalue weighted by molar-refractivity contribution is 8.00. The van der Waals surface area contributed by atoms with Crippen molar-refractivity contribution in [3.8, 4) is 17.2 Å². The van der Waals surface area contributed by atoms with E-state index < -0.39 is 5.25 Å². The lowest BCUT2D eigenvalue weighted by Gasteiger charge is -2.18. The van der Waals surface area contributed by atoms with Gasteiger partial charge in [0.15, 0.2) is 11.5 Å². The van der Waals surface area contributed by atoms with E-state index in [1.54, 1.807) is 25.3 Å². The van der Waals surface area contributed by atoms with E-state index in [1.807, 2.05) is 85.8 Å². The molecular weight excluding hydrogens is 512 g/mol. The molecule has 4 aromatic rings. The SMILES string of the molecule is CCOc1ccc(NC(=O)C(Sc2ccc(NC(=O)c3ccc(OC)c(OC)c3)cc2)c2ccccc2)cc1. The molecule has 0 aliphatic heterocycles. The van der Waals surface area contributed by atoms with Crippen LogP contribution in [0.4, 0.5) is 11.4 Å². The molecule has 0 heterocycles. The van der Waals surface area contributed by atoms with Gasteiger partial charge in [0.25, 0.3) is 5.91 Å². The third kappa shape index (κ3) is 7.33. The highest BCUT2D eigenvalue weighted by atomic mass is 32.2. The molecule has 0 saturated heterocycles. The first-order valence-electron chi connectivity index (χ1n) is 12.4. The van der Waals surface area contributed by atoms with Crippen LogP contribution in [0.25, 0.3) is 0 Å². The second-order valence-corrected chi connectivity index (χ2v) is 9.58. The van der Waals surface area contributed by atoms with E-state index in [-0.39, 0.29) is 11.8 Å². The third-order valence-corrected chi connectivity index (χ3v) is 7.05. The number of ether oxygens (including phenoxy) is 3. The molecule has 0 aliphatic carbocycles. The van der Waals surface area contributed by atoms with Crippen LogP contribution >= 0.6 is 11.8 Å². The fourth-order valence-electron chi connectivity index (χ4n) is 3.84. The van der Waals surface area contributed by atoms with Gasteiger partial charge in [0.05, 0.1) is 20.8 Å². The Morgan fingerprint density at radius 1 is 0.769 bits per heavy atom. The standard InChI is InChI=1S/C31H30N2O5S/c1-4-38-25-15-11-23(12-16-25)33-31(35)29(21-8-6-5-7-9-21)39-26-17-13-24(14-18-26)32-30(34)22-10-19-27(36-2)28(20-22)37-3/h5-20,29H,4H2,1-3H3,(H,32,34)(H,33,35). The van der Waals surface area contributed by atoms with Gasteiger partial charge in [-0.05, 0) is 79.2 Å². The molecule has 4 aromatic carbocycles. The van der Waals surface area contributed by atoms with Crippen LogP contribution in [0.3, 0.4) is 0 Å². The van der Waals surface area contributed by atoms with Gasteiger partial charge in [0, 0.05) is 21.8 Å². The van der Waals surface area contributed by atoms with Crippen molar-refractivity contribution in [2.24, 2.45) is 0 Å². The Morgan fingerprint density at radius 3 is 2.05 bits per heavy atom. The number of hydrogen-bond acceptors (Lipinski definition) is 6. The molecule has 0 aliphatic rings. The van der Waals surface area contributed by atoms with E-state index in [2.05, 4.69) is 10.6 Å². The number of carbonyl (C=O) groups is 2. The zero-order chi connectivity index (χ0) is 27.6. The van der Waals surface area contributed by atoms with Crippen LogP contribution in [0, 0.1) is 0 Å². The Bertz CT molecular complexity index is 1390. The van der Waals surface area contributed by atoms with Crippen LogP contribution in [0.5, 0.6) is 17.2 Å². The number of nitrogens with one attached hydrogen (secondary N) is 2. The maximum absolute atomic E-state index is 13.4. The van der Waals surface area contributed by atoms with Gasteiger partial charge in [-0.3, -0.25) is 9.59 Å². The van der Waals surface area contributed by atoms with Crippen LogP contribution in [-0.2, 0) is 4.79 Å². The monoisotopic (exact) mass is 542 g/mol. The van der Waals surface area contributed by atoms with Gasteiger partial charge in [0.2, 0.25) is 5.91 Å². The molecule has 0 fully saturated rings. The van der Waals surface area contributed by atoms with Crippen LogP contribution in [-0.4, -0.2) is 32.6 Å². The van der Waals surface area contributed by atoms with Crippen molar-refractivity contribution < 1.29 is 23.8 Å². The average molecular weight is 543 g/mol. The van der Waals surface area contributed by atoms with Gasteiger partial charge in [0.1, 0.15) is 11.0 Å². The van der Waals surface area contributed by atoms with Crippen LogP contribution in [0.2, 0.25) is 0 Å². The highest BCUT2D eigenvalue weighted by Gasteiger charge is 2.22. The van der Waals surface area contributed by atoms with Gasteiger partial charge < -0.3 is 24.8 Å². The number of hydrogen-bond donors (Lipinski definition) is 2. The summed E-state index contributed by atoms with van der Waals surface area (Å²) in [5, 5.41) is 5.42. The van der Waals surface area contributed by atoms with Gasteiger partial charge in [-0.1, -0.05) is 30.3 Å². The summed E-state index contributed by atoms with van der Waals surface area (Å²) >= 11 is 1.43. The van der Waals surface area contributed by atoms with E-state index in [0.717, 1.165) is 16.2 Å². The number of rotatable bonds is 11. The molecule has 7 nitrogen and oxygen atoms in total. The minimum Gasteiger partial charge on any atom is -0.494 e. The Hall–Kier alpha value is -4.43. The van der Waals surface area contributed by atoms with Crippen LogP contribution in [0.15, 0.2) is 102 Å². The lowest BCUT2D eigenvalue weighted by Crippen LogP contribution is -2.19. The predicted octanol–water partition coefficient (Wildman–Crippen LogP) is 6.83. The summed E-state index contributed by atoms with van der Waals surface area (Å²) < 4.78 is 16.0. The van der Waals surface area contributed by atoms with Gasteiger partial charge in [-0.15, -0.1) is 11.8 Å². The number of amides is 2. The minimum absolute atomic E-state index is 0.138. The lowest BCUT2D eigenvalue weighted by atomic mass is 10.1. The quantitative estimate of drug-likeness (QED) is 0.202. The zero-order valence-corrected chi connectivity index (χ0v) is 22.8. The van der Waals surface area contributed by atoms with E-state index in [4.69, 9.17) is 14.2 Å². The van der Waals surface area contributed by atoms with Crippen molar-refractivity contribution in [2.45, 2.75) is 17.1 Å². The Morgan fingerprint density at radius 2 is 1.41 bits per heavy atom. The fourth-order valence-corrected chi connectivity index (χ4v) is 4.87. The van der Waals surface area contributed by atoms with Gasteiger partial charge >= 0.3 is 0 Å². The summed E-state index contributed by atoms with van der Waals surface area (Å²) in [5.74, 6) is 1.37. The number of benzene rings is 4. The molecule has 39 heavy (non-hydrogen) atoms. The number of methoxy groups -OCH3 is 2. The highest BCUT2D eigenvalue weighted by Crippen LogP contribution is 2.37. The Balaban J connectivity index is 1.46. The summed E-state index contributed by atoms with van der Waals surface area (Å²) in [5.41, 5.74) is 2.66. The van der Waals surface area contributed by atoms with E-state index in [0.29, 0.717) is 35.0 Å². The van der Waals surface area contributed by atoms with Gasteiger partial charge in [-0.25, -0.2) is 0 Å². The summed E-state index contributed by atoms with van der Waals surface area (Å²) in [6.45, 7) is 2.51. The second-order valence-electron chi connectivity index (χ2n) is 8.40. The maximum atomic E-state index is 13.4. The molecule has 200 valence electrons. The molecule has 0 spiro atoms. The first kappa shape index (κ1) is 27.6. The topological polar surface area (TPSA) is 85.9 Å². The maximum Gasteiger partial charge on any atom is 0.255 e. The molecule has 0 radical (unpaired) electrons. The number of anilines is 2. The van der Waals surface area contributed by atoms with Crippen molar-refractivity contribution in [1.29, 1.82) is 0 Å². The average Bonchev–Trinajstić information content (AvgIpc) is 2.97. The molecule has 2 amide bonds. The summed E-state index contributed by atoms with van der Waals surface area (Å²) in [4.78, 5) is 27.0. The minimum atomic E-state index is -0.482. The molecule has 4 rings (SSSR count). The van der Waals surface area contributed by atoms with Crippen molar-refractivity contribution >= 4 is 35.0 Å². The zero-order valence-electron chi connectivity index (χ0n) is 22.0. The molecule has 1 unspecified atom stereocenters. The Labute approximate surface area is 232 Å². The first-order valence-corrected chi connectivity index (χ1v) is 13.3. The van der Waals surface area contributed by atoms with Crippen molar-refractivity contribution in [3.63, 3.8) is 0 Å². The molecule has 2 N–H and O–H groups in total. The van der Waals surface area contributed by atoms with Crippen molar-refractivity contribution in [2.75, 3.05) is 31.5 Å². The van der Waals surface area contributed by atoms with Gasteiger partial charge in [-0.2, -0.15) is 0 Å². The second kappa shape index (κ2) is 13.4. The molecule has 0 aromatic heterocycles. The fraction of sp³-hybridized carbons (Fsp3) is 0.161. The summed E-state index contributed by atoms with van der Waals surface area (Å²) in [6.07, 6.45) is 0. The Kier molecular flexibility index (Phi) is 9.48. The number of carbonyl (C=O) groups excluding carboxylic acids is 2. The molecule has 0 saturated carbocycles. The number of thioether (sulfide) groups is 1. The van der Waals surface area contributed by atoms with Crippen molar-refractivity contribution in [3.05, 3.63) is 108 Å². The molecule has 1 atom stereocenters. The largest absolute Gasteiger partial charge is 0.494 e. The summed E-state index contributed by atoms with van der Waals surface area (Å²) in [7, 11) is 3.07. The smallest absolute Gasteiger partial charge is 0.255 e. The first-order chi connectivity index (χ1) is 19.0. The van der Waals surface area contributed by atoms with Crippen molar-refractivity contribution in [1.82, 2.24) is 0 Å². The van der Waals surface area contributed by atoms with E-state index >= 15 is 0 Å². The van der Waals surface area contributed by atoms with Crippen LogP contribution in [0.1, 0.15) is 28.1 Å². The molecular formula is C31H30N2O5S. The third-order valence-electron chi connectivity index (χ3n) is 5.79. The normalized spacial score (nSPS) is 11.3. The van der Waals surface area contributed by atoms with E-state index in [1.165, 1.54) is 18.9 Å². The predicted molar refractivity (Wildman–Crippen MR) is 155 cm³/mol. The van der Waals surface area contributed by atoms with Crippen LogP contribution < -0.4 is 24.8 Å². The molecule has 8 heteroatoms. The molecule has 0 bridgehead atoms. The lowest BCUT2D eigenvalue weighted by molar-refractivity contribution is -0.115. The summed E-state index contributed by atoms with van der Waals surface area (Å²) in [6, 6.07) is 29.3. The van der Waals surface area contributed by atoms with E-state index in [9.17, 15) is 9.59 Å².